The summed E-state index contributed by atoms with van der Waals surface area (Å²) in [4.78, 5) is 16.4. The molecule has 28 heavy (non-hydrogen) atoms. The van der Waals surface area contributed by atoms with Gasteiger partial charge in [-0.1, -0.05) is 78.0 Å². The van der Waals surface area contributed by atoms with Gasteiger partial charge in [-0.05, 0) is 23.3 Å². The third-order valence-electron chi connectivity index (χ3n) is 4.24. The zero-order valence-electron chi connectivity index (χ0n) is 15.1. The van der Waals surface area contributed by atoms with Crippen molar-refractivity contribution in [1.82, 2.24) is 10.1 Å². The molecule has 5 nitrogen and oxygen atoms in total. The Kier molecular flexibility index (Phi) is 5.24. The average Bonchev–Trinajstić information content (AvgIpc) is 3.23. The highest BCUT2D eigenvalue weighted by atomic mass is 16.5. The fraction of sp³-hybridized carbons (Fsp3) is 0.0870. The van der Waals surface area contributed by atoms with Crippen LogP contribution in [-0.2, 0) is 11.2 Å². The van der Waals surface area contributed by atoms with Crippen LogP contribution in [0.1, 0.15) is 12.3 Å². The van der Waals surface area contributed by atoms with E-state index in [1.165, 1.54) is 0 Å². The molecule has 0 spiro atoms. The summed E-state index contributed by atoms with van der Waals surface area (Å²) in [7, 11) is 0. The van der Waals surface area contributed by atoms with Crippen LogP contribution in [-0.4, -0.2) is 16.1 Å². The van der Waals surface area contributed by atoms with E-state index in [4.69, 9.17) is 9.26 Å². The fourth-order valence-corrected chi connectivity index (χ4v) is 2.80. The first-order valence-electron chi connectivity index (χ1n) is 9.02. The summed E-state index contributed by atoms with van der Waals surface area (Å²) < 4.78 is 10.6. The number of ether oxygens (including phenoxy) is 1. The lowest BCUT2D eigenvalue weighted by molar-refractivity contribution is -0.134. The molecule has 0 radical (unpaired) electrons. The Hall–Kier alpha value is -3.73. The van der Waals surface area contributed by atoms with Gasteiger partial charge >= 0.3 is 5.97 Å². The molecular weight excluding hydrogens is 352 g/mol. The number of carbonyl (C=O) groups excluding carboxylic acids is 1. The smallest absolute Gasteiger partial charge is 0.311 e. The summed E-state index contributed by atoms with van der Waals surface area (Å²) in [5.41, 5.74) is 3.06. The van der Waals surface area contributed by atoms with Crippen molar-refractivity contribution in [2.75, 3.05) is 0 Å². The van der Waals surface area contributed by atoms with Gasteiger partial charge < -0.3 is 9.26 Å². The van der Waals surface area contributed by atoms with Crippen LogP contribution in [0.25, 0.3) is 22.5 Å². The first-order chi connectivity index (χ1) is 13.8. The molecule has 4 rings (SSSR count). The zero-order chi connectivity index (χ0) is 19.2. The Balaban J connectivity index is 1.32. The van der Waals surface area contributed by atoms with E-state index in [1.54, 1.807) is 12.1 Å². The van der Waals surface area contributed by atoms with Crippen LogP contribution < -0.4 is 4.74 Å². The van der Waals surface area contributed by atoms with Crippen molar-refractivity contribution in [3.05, 3.63) is 90.8 Å². The quantitative estimate of drug-likeness (QED) is 0.355. The molecule has 3 aromatic carbocycles. The Bertz CT molecular complexity index is 1040. The van der Waals surface area contributed by atoms with Gasteiger partial charge in [0.15, 0.2) is 0 Å². The number of esters is 1. The van der Waals surface area contributed by atoms with Crippen LogP contribution in [0.2, 0.25) is 0 Å². The van der Waals surface area contributed by atoms with Crippen molar-refractivity contribution in [2.24, 2.45) is 0 Å². The number of rotatable bonds is 6. The average molecular weight is 370 g/mol. The van der Waals surface area contributed by atoms with Crippen molar-refractivity contribution in [3.63, 3.8) is 0 Å². The van der Waals surface area contributed by atoms with Gasteiger partial charge in [0.1, 0.15) is 5.75 Å². The number of hydrogen-bond acceptors (Lipinski definition) is 5. The molecule has 0 saturated carbocycles. The molecule has 0 amide bonds. The Morgan fingerprint density at radius 3 is 2.07 bits per heavy atom. The first kappa shape index (κ1) is 17.7. The summed E-state index contributed by atoms with van der Waals surface area (Å²) in [6.07, 6.45) is 0.498. The van der Waals surface area contributed by atoms with Crippen molar-refractivity contribution < 1.29 is 14.1 Å². The normalized spacial score (nSPS) is 10.6. The van der Waals surface area contributed by atoms with Crippen LogP contribution in [0.15, 0.2) is 89.5 Å². The van der Waals surface area contributed by atoms with Gasteiger partial charge in [0.05, 0.1) is 6.42 Å². The van der Waals surface area contributed by atoms with Crippen LogP contribution in [0.3, 0.4) is 0 Å². The molecule has 0 N–H and O–H groups in total. The highest BCUT2D eigenvalue weighted by Gasteiger charge is 2.12. The third-order valence-corrected chi connectivity index (χ3v) is 4.24. The maximum Gasteiger partial charge on any atom is 0.311 e. The highest BCUT2D eigenvalue weighted by Crippen LogP contribution is 2.22. The second kappa shape index (κ2) is 8.31. The molecule has 0 fully saturated rings. The topological polar surface area (TPSA) is 65.2 Å². The lowest BCUT2D eigenvalue weighted by Crippen LogP contribution is -2.09. The van der Waals surface area contributed by atoms with Gasteiger partial charge in [0, 0.05) is 12.0 Å². The summed E-state index contributed by atoms with van der Waals surface area (Å²) in [5, 5.41) is 3.95. The standard InChI is InChI=1S/C23H18N2O3/c26-22(16-15-21-24-23(25-28-21)19-9-5-2-6-10-19)27-20-13-11-18(12-14-20)17-7-3-1-4-8-17/h1-14H,15-16H2. The molecule has 1 heterocycles. The first-order valence-corrected chi connectivity index (χ1v) is 9.02. The van der Waals surface area contributed by atoms with Crippen LogP contribution in [0, 0.1) is 0 Å². The number of carbonyl (C=O) groups is 1. The summed E-state index contributed by atoms with van der Waals surface area (Å²) in [6, 6.07) is 27.0. The van der Waals surface area contributed by atoms with E-state index in [2.05, 4.69) is 10.1 Å². The lowest BCUT2D eigenvalue weighted by atomic mass is 10.1. The monoisotopic (exact) mass is 370 g/mol. The molecule has 0 atom stereocenters. The van der Waals surface area contributed by atoms with Crippen molar-refractivity contribution in [1.29, 1.82) is 0 Å². The van der Waals surface area contributed by atoms with E-state index in [-0.39, 0.29) is 12.4 Å². The van der Waals surface area contributed by atoms with E-state index in [0.717, 1.165) is 16.7 Å². The fourth-order valence-electron chi connectivity index (χ4n) is 2.80. The van der Waals surface area contributed by atoms with Crippen LogP contribution >= 0.6 is 0 Å². The van der Waals surface area contributed by atoms with E-state index in [9.17, 15) is 4.79 Å². The Labute approximate surface area is 162 Å². The van der Waals surface area contributed by atoms with E-state index < -0.39 is 0 Å². The minimum Gasteiger partial charge on any atom is -0.427 e. The number of hydrogen-bond donors (Lipinski definition) is 0. The number of nitrogens with zero attached hydrogens (tertiary/aromatic N) is 2. The predicted molar refractivity (Wildman–Crippen MR) is 106 cm³/mol. The molecule has 0 saturated heterocycles. The number of aromatic nitrogens is 2. The lowest BCUT2D eigenvalue weighted by Gasteiger charge is -2.05. The van der Waals surface area contributed by atoms with Crippen molar-refractivity contribution in [3.8, 4) is 28.3 Å². The molecule has 1 aromatic heterocycles. The summed E-state index contributed by atoms with van der Waals surface area (Å²) in [6.45, 7) is 0. The van der Waals surface area contributed by atoms with E-state index >= 15 is 0 Å². The number of benzene rings is 3. The predicted octanol–water partition coefficient (Wildman–Crippen LogP) is 4.94. The van der Waals surface area contributed by atoms with E-state index in [1.807, 2.05) is 72.8 Å². The van der Waals surface area contributed by atoms with Gasteiger partial charge in [-0.3, -0.25) is 4.79 Å². The molecule has 0 aliphatic rings. The maximum absolute atomic E-state index is 12.1. The SMILES string of the molecule is O=C(CCc1nc(-c2ccccc2)no1)Oc1ccc(-c2ccccc2)cc1. The molecule has 4 aromatic rings. The van der Waals surface area contributed by atoms with Crippen LogP contribution in [0.5, 0.6) is 5.75 Å². The molecule has 0 aliphatic heterocycles. The molecule has 138 valence electrons. The molecule has 5 heteroatoms. The van der Waals surface area contributed by atoms with Crippen LogP contribution in [0.4, 0.5) is 0 Å². The Morgan fingerprint density at radius 1 is 0.786 bits per heavy atom. The Morgan fingerprint density at radius 2 is 1.39 bits per heavy atom. The van der Waals surface area contributed by atoms with Gasteiger partial charge in [-0.25, -0.2) is 0 Å². The minimum atomic E-state index is -0.341. The summed E-state index contributed by atoms with van der Waals surface area (Å²) in [5.74, 6) is 1.10. The van der Waals surface area contributed by atoms with Gasteiger partial charge in [-0.15, -0.1) is 0 Å². The highest BCUT2D eigenvalue weighted by molar-refractivity contribution is 5.73. The maximum atomic E-state index is 12.1. The van der Waals surface area contributed by atoms with Crippen molar-refractivity contribution >= 4 is 5.97 Å². The molecule has 0 bridgehead atoms. The largest absolute Gasteiger partial charge is 0.427 e. The summed E-state index contributed by atoms with van der Waals surface area (Å²) >= 11 is 0. The minimum absolute atomic E-state index is 0.164. The van der Waals surface area contributed by atoms with Gasteiger partial charge in [0.25, 0.3) is 0 Å². The van der Waals surface area contributed by atoms with Gasteiger partial charge in [0.2, 0.25) is 11.7 Å². The number of aryl methyl sites for hydroxylation is 1. The second-order valence-electron chi connectivity index (χ2n) is 6.24. The molecule has 0 aliphatic carbocycles. The molecular formula is C23H18N2O3. The second-order valence-corrected chi connectivity index (χ2v) is 6.24. The van der Waals surface area contributed by atoms with Crippen molar-refractivity contribution in [2.45, 2.75) is 12.8 Å². The molecule has 0 unspecified atom stereocenters. The van der Waals surface area contributed by atoms with E-state index in [0.29, 0.717) is 23.9 Å². The zero-order valence-corrected chi connectivity index (χ0v) is 15.1. The van der Waals surface area contributed by atoms with Gasteiger partial charge in [-0.2, -0.15) is 4.98 Å². The third kappa shape index (κ3) is 4.32.